The molecule has 0 radical (unpaired) electrons. The molecule has 21 heavy (non-hydrogen) atoms. The van der Waals surface area contributed by atoms with Crippen molar-refractivity contribution in [3.05, 3.63) is 39.3 Å². The Bertz CT molecular complexity index is 770. The molecular formula is C13H19N5O3. The lowest BCUT2D eigenvalue weighted by Gasteiger charge is -2.17. The number of rotatable bonds is 6. The van der Waals surface area contributed by atoms with E-state index in [0.717, 1.165) is 4.57 Å². The summed E-state index contributed by atoms with van der Waals surface area (Å²) in [7, 11) is 3.00. The van der Waals surface area contributed by atoms with Crippen molar-refractivity contribution in [2.75, 3.05) is 19.7 Å². The molecule has 0 fully saturated rings. The van der Waals surface area contributed by atoms with Gasteiger partial charge in [0.1, 0.15) is 11.3 Å². The molecule has 0 aliphatic carbocycles. The van der Waals surface area contributed by atoms with Crippen molar-refractivity contribution in [1.82, 2.24) is 24.0 Å². The van der Waals surface area contributed by atoms with Gasteiger partial charge in [-0.05, 0) is 0 Å². The number of aromatic amines is 1. The van der Waals surface area contributed by atoms with Crippen molar-refractivity contribution >= 4 is 11.2 Å². The first-order valence-electron chi connectivity index (χ1n) is 6.58. The lowest BCUT2D eigenvalue weighted by Crippen LogP contribution is -2.36. The van der Waals surface area contributed by atoms with Gasteiger partial charge < -0.3 is 10.1 Å². The lowest BCUT2D eigenvalue weighted by atomic mass is 10.4. The first-order valence-corrected chi connectivity index (χ1v) is 6.58. The van der Waals surface area contributed by atoms with E-state index in [9.17, 15) is 9.59 Å². The standard InChI is InChI=1S/C13H19N5O3/c1-4-5-18(6-7-19)8-9-14-10-11(15-9)16(2)13(21)17(3)12(10)20/h4,19H,1,5-8H2,2-3H3,(H,14,15). The third kappa shape index (κ3) is 2.81. The summed E-state index contributed by atoms with van der Waals surface area (Å²) in [4.78, 5) is 33.1. The first kappa shape index (κ1) is 15.2. The number of nitrogens with zero attached hydrogens (tertiary/aromatic N) is 4. The molecule has 114 valence electrons. The number of H-pyrrole nitrogens is 1. The Balaban J connectivity index is 2.46. The van der Waals surface area contributed by atoms with Crippen molar-refractivity contribution in [2.24, 2.45) is 14.1 Å². The Morgan fingerprint density at radius 3 is 2.71 bits per heavy atom. The van der Waals surface area contributed by atoms with Gasteiger partial charge >= 0.3 is 5.69 Å². The Kier molecular flexibility index (Phi) is 4.39. The van der Waals surface area contributed by atoms with E-state index in [-0.39, 0.29) is 6.61 Å². The number of aryl methyl sites for hydroxylation is 1. The molecule has 2 aromatic heterocycles. The second-order valence-electron chi connectivity index (χ2n) is 4.84. The van der Waals surface area contributed by atoms with Crippen LogP contribution in [0.1, 0.15) is 5.82 Å². The van der Waals surface area contributed by atoms with Crippen LogP contribution >= 0.6 is 0 Å². The van der Waals surface area contributed by atoms with Gasteiger partial charge in [-0.2, -0.15) is 0 Å². The number of aliphatic hydroxyl groups excluding tert-OH is 1. The summed E-state index contributed by atoms with van der Waals surface area (Å²) >= 11 is 0. The van der Waals surface area contributed by atoms with Crippen molar-refractivity contribution in [3.8, 4) is 0 Å². The molecule has 0 aliphatic heterocycles. The van der Waals surface area contributed by atoms with Crippen LogP contribution in [-0.2, 0) is 20.6 Å². The third-order valence-electron chi connectivity index (χ3n) is 3.32. The Hall–Kier alpha value is -2.19. The quantitative estimate of drug-likeness (QED) is 0.662. The monoisotopic (exact) mass is 293 g/mol. The maximum atomic E-state index is 12.1. The summed E-state index contributed by atoms with van der Waals surface area (Å²) in [5.74, 6) is 0.568. The fraction of sp³-hybridized carbons (Fsp3) is 0.462. The number of imidazole rings is 1. The molecular weight excluding hydrogens is 274 g/mol. The Morgan fingerprint density at radius 2 is 2.10 bits per heavy atom. The van der Waals surface area contributed by atoms with E-state index in [0.29, 0.717) is 36.6 Å². The molecule has 8 nitrogen and oxygen atoms in total. The number of aliphatic hydroxyl groups is 1. The van der Waals surface area contributed by atoms with Crippen LogP contribution in [-0.4, -0.2) is 48.8 Å². The van der Waals surface area contributed by atoms with Crippen LogP contribution in [0.15, 0.2) is 22.2 Å². The predicted octanol–water partition coefficient (Wildman–Crippen LogP) is -1.06. The average Bonchev–Trinajstić information content (AvgIpc) is 2.87. The van der Waals surface area contributed by atoms with Gasteiger partial charge in [0.25, 0.3) is 5.56 Å². The SMILES string of the molecule is C=CCN(CCO)Cc1nc2c([nH]1)c(=O)n(C)c(=O)n2C. The zero-order valence-corrected chi connectivity index (χ0v) is 12.2. The molecule has 8 heteroatoms. The van der Waals surface area contributed by atoms with Crippen LogP contribution in [0.25, 0.3) is 11.2 Å². The van der Waals surface area contributed by atoms with Gasteiger partial charge in [-0.15, -0.1) is 6.58 Å². The van der Waals surface area contributed by atoms with Gasteiger partial charge in [0.15, 0.2) is 5.65 Å². The van der Waals surface area contributed by atoms with E-state index in [1.165, 1.54) is 11.6 Å². The molecule has 0 amide bonds. The van der Waals surface area contributed by atoms with Crippen LogP contribution in [0.4, 0.5) is 0 Å². The van der Waals surface area contributed by atoms with Gasteiger partial charge in [0, 0.05) is 27.2 Å². The van der Waals surface area contributed by atoms with Crippen LogP contribution in [0.5, 0.6) is 0 Å². The second-order valence-corrected chi connectivity index (χ2v) is 4.84. The summed E-state index contributed by atoms with van der Waals surface area (Å²) in [5.41, 5.74) is -0.175. The summed E-state index contributed by atoms with van der Waals surface area (Å²) in [6, 6.07) is 0. The summed E-state index contributed by atoms with van der Waals surface area (Å²) in [6.45, 7) is 5.18. The van der Waals surface area contributed by atoms with Crippen molar-refractivity contribution in [1.29, 1.82) is 0 Å². The van der Waals surface area contributed by atoms with Crippen LogP contribution < -0.4 is 11.2 Å². The Morgan fingerprint density at radius 1 is 1.38 bits per heavy atom. The predicted molar refractivity (Wildman–Crippen MR) is 79.1 cm³/mol. The first-order chi connectivity index (χ1) is 9.99. The molecule has 0 unspecified atom stereocenters. The highest BCUT2D eigenvalue weighted by molar-refractivity contribution is 5.69. The Labute approximate surface area is 121 Å². The number of hydrogen-bond donors (Lipinski definition) is 2. The average molecular weight is 293 g/mol. The molecule has 2 rings (SSSR count). The maximum Gasteiger partial charge on any atom is 0.332 e. The van der Waals surface area contributed by atoms with Gasteiger partial charge in [-0.1, -0.05) is 6.08 Å². The third-order valence-corrected chi connectivity index (χ3v) is 3.32. The van der Waals surface area contributed by atoms with Crippen LogP contribution in [0.2, 0.25) is 0 Å². The minimum absolute atomic E-state index is 0.0221. The van der Waals surface area contributed by atoms with Crippen molar-refractivity contribution in [3.63, 3.8) is 0 Å². The molecule has 0 spiro atoms. The minimum atomic E-state index is -0.413. The fourth-order valence-electron chi connectivity index (χ4n) is 2.22. The molecule has 2 aromatic rings. The van der Waals surface area contributed by atoms with Crippen molar-refractivity contribution < 1.29 is 5.11 Å². The van der Waals surface area contributed by atoms with E-state index < -0.39 is 11.2 Å². The maximum absolute atomic E-state index is 12.1. The highest BCUT2D eigenvalue weighted by atomic mass is 16.3. The number of hydrogen-bond acceptors (Lipinski definition) is 5. The molecule has 2 heterocycles. The summed E-state index contributed by atoms with van der Waals surface area (Å²) in [6.07, 6.45) is 1.73. The van der Waals surface area contributed by atoms with Gasteiger partial charge in [-0.3, -0.25) is 18.8 Å². The molecule has 0 saturated carbocycles. The molecule has 0 bridgehead atoms. The normalized spacial score (nSPS) is 11.4. The molecule has 2 N–H and O–H groups in total. The smallest absolute Gasteiger partial charge is 0.332 e. The van der Waals surface area contributed by atoms with E-state index in [2.05, 4.69) is 16.5 Å². The highest BCUT2D eigenvalue weighted by Crippen LogP contribution is 2.06. The molecule has 0 aliphatic rings. The van der Waals surface area contributed by atoms with Gasteiger partial charge in [0.05, 0.1) is 13.2 Å². The zero-order chi connectivity index (χ0) is 15.6. The van der Waals surface area contributed by atoms with Crippen LogP contribution in [0, 0.1) is 0 Å². The zero-order valence-electron chi connectivity index (χ0n) is 12.2. The van der Waals surface area contributed by atoms with E-state index in [1.807, 2.05) is 4.90 Å². The van der Waals surface area contributed by atoms with Gasteiger partial charge in [-0.25, -0.2) is 9.78 Å². The minimum Gasteiger partial charge on any atom is -0.395 e. The van der Waals surface area contributed by atoms with Crippen molar-refractivity contribution in [2.45, 2.75) is 6.54 Å². The second kappa shape index (κ2) is 6.06. The highest BCUT2D eigenvalue weighted by Gasteiger charge is 2.14. The van der Waals surface area contributed by atoms with Crippen LogP contribution in [0.3, 0.4) is 0 Å². The fourth-order valence-corrected chi connectivity index (χ4v) is 2.22. The molecule has 0 saturated heterocycles. The number of aromatic nitrogens is 4. The number of fused-ring (bicyclic) bond motifs is 1. The van der Waals surface area contributed by atoms with Gasteiger partial charge in [0.2, 0.25) is 0 Å². The molecule has 0 atom stereocenters. The number of nitrogens with one attached hydrogen (secondary N) is 1. The molecule has 0 aromatic carbocycles. The topological polar surface area (TPSA) is 96.2 Å². The van der Waals surface area contributed by atoms with E-state index in [4.69, 9.17) is 5.11 Å². The van der Waals surface area contributed by atoms with E-state index in [1.54, 1.807) is 13.1 Å². The summed E-state index contributed by atoms with van der Waals surface area (Å²) in [5, 5.41) is 9.04. The van der Waals surface area contributed by atoms with E-state index >= 15 is 0 Å². The summed E-state index contributed by atoms with van der Waals surface area (Å²) < 4.78 is 2.38. The largest absolute Gasteiger partial charge is 0.395 e. The lowest BCUT2D eigenvalue weighted by molar-refractivity contribution is 0.201.